The summed E-state index contributed by atoms with van der Waals surface area (Å²) in [5.74, 6) is 0. The van der Waals surface area contributed by atoms with Crippen LogP contribution in [-0.4, -0.2) is 37.5 Å². The third-order valence-corrected chi connectivity index (χ3v) is 2.12. The van der Waals surface area contributed by atoms with Crippen LogP contribution in [0.4, 0.5) is 0 Å². The Bertz CT molecular complexity index is 94.9. The van der Waals surface area contributed by atoms with Gasteiger partial charge in [-0.2, -0.15) is 0 Å². The zero-order valence-electron chi connectivity index (χ0n) is 8.88. The van der Waals surface area contributed by atoms with Crippen LogP contribution in [0, 0.1) is 0 Å². The van der Waals surface area contributed by atoms with Gasteiger partial charge in [0.05, 0.1) is 13.2 Å². The Labute approximate surface area is 81.5 Å². The predicted octanol–water partition coefficient (Wildman–Crippen LogP) is 1.16. The lowest BCUT2D eigenvalue weighted by Gasteiger charge is -2.14. The molecule has 0 atom stereocenters. The van der Waals surface area contributed by atoms with E-state index >= 15 is 0 Å². The lowest BCUT2D eigenvalue weighted by atomic mass is 10.2. The van der Waals surface area contributed by atoms with Crippen molar-refractivity contribution in [3.63, 3.8) is 0 Å². The Balaban J connectivity index is 3.05. The molecule has 0 saturated carbocycles. The average Bonchev–Trinajstić information content (AvgIpc) is 2.17. The fourth-order valence-electron chi connectivity index (χ4n) is 1.22. The molecule has 0 spiro atoms. The molecular formula is C10H23NO2. The maximum absolute atomic E-state index is 8.45. The minimum atomic E-state index is 0.125. The Kier molecular flexibility index (Phi) is 9.87. The molecule has 0 rings (SSSR count). The average molecular weight is 189 g/mol. The predicted molar refractivity (Wildman–Crippen MR) is 54.9 cm³/mol. The zero-order valence-corrected chi connectivity index (χ0v) is 8.88. The van der Waals surface area contributed by atoms with E-state index in [1.165, 1.54) is 12.8 Å². The molecule has 3 heteroatoms. The molecule has 0 radical (unpaired) electrons. The second-order valence-corrected chi connectivity index (χ2v) is 3.16. The molecular weight excluding hydrogens is 166 g/mol. The normalized spacial score (nSPS) is 11.1. The van der Waals surface area contributed by atoms with E-state index in [9.17, 15) is 0 Å². The van der Waals surface area contributed by atoms with Crippen molar-refractivity contribution in [1.29, 1.82) is 0 Å². The van der Waals surface area contributed by atoms with Gasteiger partial charge in [0, 0.05) is 12.6 Å². The van der Waals surface area contributed by atoms with Gasteiger partial charge in [0.2, 0.25) is 0 Å². The summed E-state index contributed by atoms with van der Waals surface area (Å²) in [5, 5.41) is 11.9. The number of hydrogen-bond acceptors (Lipinski definition) is 3. The fraction of sp³-hybridized carbons (Fsp3) is 1.00. The molecule has 0 unspecified atom stereocenters. The minimum Gasteiger partial charge on any atom is -0.394 e. The molecule has 0 fully saturated rings. The third kappa shape index (κ3) is 8.22. The summed E-state index contributed by atoms with van der Waals surface area (Å²) in [5.41, 5.74) is 0. The van der Waals surface area contributed by atoms with Crippen molar-refractivity contribution in [2.75, 3.05) is 26.4 Å². The van der Waals surface area contributed by atoms with Gasteiger partial charge in [-0.25, -0.2) is 0 Å². The van der Waals surface area contributed by atoms with Crippen molar-refractivity contribution in [3.05, 3.63) is 0 Å². The van der Waals surface area contributed by atoms with E-state index in [0.29, 0.717) is 12.6 Å². The van der Waals surface area contributed by atoms with Crippen LogP contribution in [0.5, 0.6) is 0 Å². The first kappa shape index (κ1) is 12.9. The number of ether oxygens (including phenoxy) is 1. The molecule has 80 valence electrons. The fourth-order valence-corrected chi connectivity index (χ4v) is 1.22. The van der Waals surface area contributed by atoms with Crippen LogP contribution in [0.1, 0.15) is 33.1 Å². The standard InChI is InChI=1S/C10H23NO2/c1-3-10(4-2)11-6-5-8-13-9-7-12/h10-12H,3-9H2,1-2H3. The monoisotopic (exact) mass is 189 g/mol. The third-order valence-electron chi connectivity index (χ3n) is 2.12. The van der Waals surface area contributed by atoms with Crippen molar-refractivity contribution in [3.8, 4) is 0 Å². The molecule has 0 bridgehead atoms. The molecule has 0 saturated heterocycles. The Morgan fingerprint density at radius 1 is 1.23 bits per heavy atom. The van der Waals surface area contributed by atoms with Crippen molar-refractivity contribution in [2.24, 2.45) is 0 Å². The van der Waals surface area contributed by atoms with Crippen LogP contribution in [0.15, 0.2) is 0 Å². The van der Waals surface area contributed by atoms with Gasteiger partial charge in [-0.3, -0.25) is 0 Å². The highest BCUT2D eigenvalue weighted by Crippen LogP contribution is 1.95. The molecule has 2 N–H and O–H groups in total. The van der Waals surface area contributed by atoms with Gasteiger partial charge in [-0.05, 0) is 25.8 Å². The van der Waals surface area contributed by atoms with E-state index in [1.807, 2.05) is 0 Å². The Morgan fingerprint density at radius 3 is 2.46 bits per heavy atom. The van der Waals surface area contributed by atoms with Crippen LogP contribution in [0.3, 0.4) is 0 Å². The van der Waals surface area contributed by atoms with Crippen molar-refractivity contribution in [1.82, 2.24) is 5.32 Å². The van der Waals surface area contributed by atoms with Crippen LogP contribution in [-0.2, 0) is 4.74 Å². The highest BCUT2D eigenvalue weighted by atomic mass is 16.5. The van der Waals surface area contributed by atoms with E-state index in [1.54, 1.807) is 0 Å². The molecule has 0 aliphatic heterocycles. The lowest BCUT2D eigenvalue weighted by molar-refractivity contribution is 0.0903. The molecule has 0 aliphatic rings. The first-order valence-corrected chi connectivity index (χ1v) is 5.27. The van der Waals surface area contributed by atoms with E-state index in [2.05, 4.69) is 19.2 Å². The molecule has 0 heterocycles. The minimum absolute atomic E-state index is 0.125. The number of hydrogen-bond donors (Lipinski definition) is 2. The Morgan fingerprint density at radius 2 is 1.92 bits per heavy atom. The van der Waals surface area contributed by atoms with Gasteiger partial charge in [0.1, 0.15) is 0 Å². The quantitative estimate of drug-likeness (QED) is 0.535. The second-order valence-electron chi connectivity index (χ2n) is 3.16. The van der Waals surface area contributed by atoms with E-state index < -0.39 is 0 Å². The smallest absolute Gasteiger partial charge is 0.0697 e. The van der Waals surface area contributed by atoms with Gasteiger partial charge in [0.15, 0.2) is 0 Å². The van der Waals surface area contributed by atoms with Gasteiger partial charge in [0.25, 0.3) is 0 Å². The molecule has 0 aliphatic carbocycles. The SMILES string of the molecule is CCC(CC)NCCCOCCO. The largest absolute Gasteiger partial charge is 0.394 e. The zero-order chi connectivity index (χ0) is 9.94. The van der Waals surface area contributed by atoms with Crippen molar-refractivity contribution in [2.45, 2.75) is 39.2 Å². The van der Waals surface area contributed by atoms with Crippen LogP contribution >= 0.6 is 0 Å². The van der Waals surface area contributed by atoms with Gasteiger partial charge in [-0.1, -0.05) is 13.8 Å². The van der Waals surface area contributed by atoms with Gasteiger partial charge < -0.3 is 15.2 Å². The molecule has 0 amide bonds. The van der Waals surface area contributed by atoms with Gasteiger partial charge >= 0.3 is 0 Å². The summed E-state index contributed by atoms with van der Waals surface area (Å²) in [6, 6.07) is 0.651. The van der Waals surface area contributed by atoms with Crippen molar-refractivity contribution >= 4 is 0 Å². The summed E-state index contributed by atoms with van der Waals surface area (Å²) < 4.78 is 5.14. The van der Waals surface area contributed by atoms with E-state index in [-0.39, 0.29) is 6.61 Å². The number of rotatable bonds is 9. The summed E-state index contributed by atoms with van der Waals surface area (Å²) in [6.07, 6.45) is 3.40. The van der Waals surface area contributed by atoms with Crippen molar-refractivity contribution < 1.29 is 9.84 Å². The molecule has 0 aromatic heterocycles. The topological polar surface area (TPSA) is 41.5 Å². The van der Waals surface area contributed by atoms with Gasteiger partial charge in [-0.15, -0.1) is 0 Å². The first-order valence-electron chi connectivity index (χ1n) is 5.27. The summed E-state index contributed by atoms with van der Waals surface area (Å²) in [7, 11) is 0. The highest BCUT2D eigenvalue weighted by Gasteiger charge is 2.00. The molecule has 0 aromatic carbocycles. The van der Waals surface area contributed by atoms with Crippen LogP contribution in [0.25, 0.3) is 0 Å². The van der Waals surface area contributed by atoms with Crippen LogP contribution < -0.4 is 5.32 Å². The maximum atomic E-state index is 8.45. The molecule has 3 nitrogen and oxygen atoms in total. The number of nitrogens with one attached hydrogen (secondary N) is 1. The van der Waals surface area contributed by atoms with E-state index in [0.717, 1.165) is 19.6 Å². The second kappa shape index (κ2) is 9.96. The van der Waals surface area contributed by atoms with Crippen LogP contribution in [0.2, 0.25) is 0 Å². The summed E-state index contributed by atoms with van der Waals surface area (Å²) in [4.78, 5) is 0. The summed E-state index contributed by atoms with van der Waals surface area (Å²) in [6.45, 7) is 6.74. The Hall–Kier alpha value is -0.120. The lowest BCUT2D eigenvalue weighted by Crippen LogP contribution is -2.29. The highest BCUT2D eigenvalue weighted by molar-refractivity contribution is 4.61. The number of aliphatic hydroxyl groups is 1. The van der Waals surface area contributed by atoms with E-state index in [4.69, 9.17) is 9.84 Å². The summed E-state index contributed by atoms with van der Waals surface area (Å²) >= 11 is 0. The molecule has 0 aromatic rings. The molecule has 13 heavy (non-hydrogen) atoms. The first-order chi connectivity index (χ1) is 6.35. The number of aliphatic hydroxyl groups excluding tert-OH is 1. The maximum Gasteiger partial charge on any atom is 0.0697 e.